The molecular weight excluding hydrogens is 172 g/mol. The van der Waals surface area contributed by atoms with Gasteiger partial charge in [0.25, 0.3) is 0 Å². The van der Waals surface area contributed by atoms with Gasteiger partial charge in [0.05, 0.1) is 0 Å². The minimum atomic E-state index is 0.242. The molecule has 0 saturated heterocycles. The van der Waals surface area contributed by atoms with Crippen molar-refractivity contribution in [1.29, 1.82) is 0 Å². The van der Waals surface area contributed by atoms with Crippen molar-refractivity contribution in [2.24, 2.45) is 5.92 Å². The summed E-state index contributed by atoms with van der Waals surface area (Å²) in [6.07, 6.45) is 1.13. The van der Waals surface area contributed by atoms with E-state index in [1.54, 1.807) is 0 Å². The molecule has 1 N–H and O–H groups in total. The smallest absolute Gasteiger partial charge is 0.0468 e. The molecule has 1 aliphatic rings. The van der Waals surface area contributed by atoms with Crippen LogP contribution >= 0.6 is 0 Å². The molecule has 2 unspecified atom stereocenters. The molecule has 1 aliphatic carbocycles. The van der Waals surface area contributed by atoms with Crippen molar-refractivity contribution in [3.8, 4) is 0 Å². The van der Waals surface area contributed by atoms with E-state index in [1.165, 1.54) is 16.7 Å². The van der Waals surface area contributed by atoms with Crippen molar-refractivity contribution in [2.45, 2.75) is 32.6 Å². The van der Waals surface area contributed by atoms with Crippen molar-refractivity contribution in [1.82, 2.24) is 0 Å². The summed E-state index contributed by atoms with van der Waals surface area (Å²) in [5.74, 6) is 0.476. The maximum Gasteiger partial charge on any atom is 0.0468 e. The van der Waals surface area contributed by atoms with E-state index in [-0.39, 0.29) is 5.41 Å². The van der Waals surface area contributed by atoms with Crippen molar-refractivity contribution >= 4 is 0 Å². The molecule has 76 valence electrons. The number of aryl methyl sites for hydroxylation is 2. The Labute approximate surface area is 85.8 Å². The molecule has 0 amide bonds. The van der Waals surface area contributed by atoms with Gasteiger partial charge in [-0.15, -0.1) is 0 Å². The average molecular weight is 190 g/mol. The van der Waals surface area contributed by atoms with Gasteiger partial charge in [-0.05, 0) is 37.2 Å². The molecule has 0 aliphatic heterocycles. The van der Waals surface area contributed by atoms with Crippen LogP contribution in [0.15, 0.2) is 18.2 Å². The third kappa shape index (κ3) is 1.46. The zero-order valence-corrected chi connectivity index (χ0v) is 9.17. The van der Waals surface area contributed by atoms with E-state index < -0.39 is 0 Å². The number of hydrogen-bond acceptors (Lipinski definition) is 1. The van der Waals surface area contributed by atoms with Gasteiger partial charge in [-0.1, -0.05) is 36.2 Å². The van der Waals surface area contributed by atoms with Crippen LogP contribution in [0.25, 0.3) is 0 Å². The third-order valence-electron chi connectivity index (χ3n) is 3.51. The number of hydrogen-bond donors (Lipinski definition) is 1. The van der Waals surface area contributed by atoms with E-state index in [2.05, 4.69) is 39.0 Å². The van der Waals surface area contributed by atoms with Gasteiger partial charge >= 0.3 is 0 Å². The Hall–Kier alpha value is -0.820. The third-order valence-corrected chi connectivity index (χ3v) is 3.51. The summed E-state index contributed by atoms with van der Waals surface area (Å²) in [6, 6.07) is 6.70. The predicted molar refractivity (Wildman–Crippen MR) is 58.5 cm³/mol. The molecule has 2 atom stereocenters. The molecule has 2 rings (SSSR count). The monoisotopic (exact) mass is 190 g/mol. The number of benzene rings is 1. The lowest BCUT2D eigenvalue weighted by atomic mass is 9.92. The highest BCUT2D eigenvalue weighted by Crippen LogP contribution is 2.53. The van der Waals surface area contributed by atoms with E-state index in [1.807, 2.05) is 0 Å². The Bertz CT molecular complexity index is 336. The summed E-state index contributed by atoms with van der Waals surface area (Å²) in [4.78, 5) is 0. The Morgan fingerprint density at radius 2 is 1.86 bits per heavy atom. The van der Waals surface area contributed by atoms with Gasteiger partial charge in [-0.2, -0.15) is 0 Å². The molecule has 1 fully saturated rings. The summed E-state index contributed by atoms with van der Waals surface area (Å²) in [5.41, 5.74) is 4.29. The molecular formula is C13H18O. The van der Waals surface area contributed by atoms with Crippen LogP contribution in [0.2, 0.25) is 0 Å². The zero-order valence-electron chi connectivity index (χ0n) is 9.17. The molecule has 0 aromatic heterocycles. The highest BCUT2D eigenvalue weighted by atomic mass is 16.3. The second-order valence-electron chi connectivity index (χ2n) is 4.88. The summed E-state index contributed by atoms with van der Waals surface area (Å²) < 4.78 is 0. The first-order valence-electron chi connectivity index (χ1n) is 5.26. The number of aliphatic hydroxyl groups excluding tert-OH is 1. The van der Waals surface area contributed by atoms with Gasteiger partial charge in [0.15, 0.2) is 0 Å². The molecule has 1 heteroatoms. The minimum Gasteiger partial charge on any atom is -0.396 e. The van der Waals surface area contributed by atoms with Gasteiger partial charge in [-0.3, -0.25) is 0 Å². The first-order valence-corrected chi connectivity index (χ1v) is 5.26. The maximum absolute atomic E-state index is 9.14. The topological polar surface area (TPSA) is 20.2 Å². The largest absolute Gasteiger partial charge is 0.396 e. The predicted octanol–water partition coefficient (Wildman–Crippen LogP) is 2.57. The molecule has 1 aromatic rings. The minimum absolute atomic E-state index is 0.242. The molecule has 0 radical (unpaired) electrons. The van der Waals surface area contributed by atoms with Crippen LogP contribution in [0.3, 0.4) is 0 Å². The van der Waals surface area contributed by atoms with Crippen molar-refractivity contribution < 1.29 is 5.11 Å². The van der Waals surface area contributed by atoms with Gasteiger partial charge < -0.3 is 5.11 Å². The summed E-state index contributed by atoms with van der Waals surface area (Å²) in [5, 5.41) is 9.14. The van der Waals surface area contributed by atoms with Crippen molar-refractivity contribution in [3.63, 3.8) is 0 Å². The molecule has 0 bridgehead atoms. The first-order chi connectivity index (χ1) is 6.56. The lowest BCUT2D eigenvalue weighted by Crippen LogP contribution is -2.07. The lowest BCUT2D eigenvalue weighted by molar-refractivity contribution is 0.265. The van der Waals surface area contributed by atoms with Crippen LogP contribution in [0.4, 0.5) is 0 Å². The van der Waals surface area contributed by atoms with E-state index in [0.717, 1.165) is 6.42 Å². The summed E-state index contributed by atoms with van der Waals surface area (Å²) in [7, 11) is 0. The second-order valence-corrected chi connectivity index (χ2v) is 4.88. The van der Waals surface area contributed by atoms with Gasteiger partial charge in [0, 0.05) is 6.61 Å². The van der Waals surface area contributed by atoms with E-state index in [4.69, 9.17) is 5.11 Å². The standard InChI is InChI=1S/C13H18O/c1-9-4-10(2)6-11(5-9)13(3)7-12(13)8-14/h4-6,12,14H,7-8H2,1-3H3. The normalized spacial score (nSPS) is 30.4. The molecule has 0 heterocycles. The Kier molecular flexibility index (Phi) is 2.15. The highest BCUT2D eigenvalue weighted by molar-refractivity contribution is 5.38. The van der Waals surface area contributed by atoms with Gasteiger partial charge in [0.2, 0.25) is 0 Å². The molecule has 1 aromatic carbocycles. The molecule has 14 heavy (non-hydrogen) atoms. The fourth-order valence-corrected chi connectivity index (χ4v) is 2.38. The zero-order chi connectivity index (χ0) is 10.3. The van der Waals surface area contributed by atoms with Crippen molar-refractivity contribution in [2.75, 3.05) is 6.61 Å². The van der Waals surface area contributed by atoms with Crippen LogP contribution in [-0.4, -0.2) is 11.7 Å². The fraction of sp³-hybridized carbons (Fsp3) is 0.538. The van der Waals surface area contributed by atoms with Gasteiger partial charge in [-0.25, -0.2) is 0 Å². The summed E-state index contributed by atoms with van der Waals surface area (Å²) >= 11 is 0. The fourth-order valence-electron chi connectivity index (χ4n) is 2.38. The van der Waals surface area contributed by atoms with Crippen LogP contribution in [-0.2, 0) is 5.41 Å². The Morgan fingerprint density at radius 3 is 2.29 bits per heavy atom. The van der Waals surface area contributed by atoms with Crippen LogP contribution in [0, 0.1) is 19.8 Å². The quantitative estimate of drug-likeness (QED) is 0.760. The number of rotatable bonds is 2. The van der Waals surface area contributed by atoms with Crippen LogP contribution in [0.1, 0.15) is 30.0 Å². The summed E-state index contributed by atoms with van der Waals surface area (Å²) in [6.45, 7) is 6.85. The second kappa shape index (κ2) is 3.09. The number of aliphatic hydroxyl groups is 1. The average Bonchev–Trinajstić information content (AvgIpc) is 2.77. The van der Waals surface area contributed by atoms with Crippen LogP contribution < -0.4 is 0 Å². The molecule has 1 saturated carbocycles. The van der Waals surface area contributed by atoms with Crippen LogP contribution in [0.5, 0.6) is 0 Å². The molecule has 0 spiro atoms. The Balaban J connectivity index is 2.34. The van der Waals surface area contributed by atoms with E-state index in [9.17, 15) is 0 Å². The SMILES string of the molecule is Cc1cc(C)cc(C2(C)CC2CO)c1. The van der Waals surface area contributed by atoms with E-state index in [0.29, 0.717) is 12.5 Å². The first kappa shape index (κ1) is 9.72. The van der Waals surface area contributed by atoms with Gasteiger partial charge in [0.1, 0.15) is 0 Å². The lowest BCUT2D eigenvalue weighted by Gasteiger charge is -2.13. The maximum atomic E-state index is 9.14. The highest BCUT2D eigenvalue weighted by Gasteiger charge is 2.50. The van der Waals surface area contributed by atoms with E-state index >= 15 is 0 Å². The molecule has 1 nitrogen and oxygen atoms in total. The Morgan fingerprint density at radius 1 is 1.29 bits per heavy atom. The van der Waals surface area contributed by atoms with Crippen molar-refractivity contribution in [3.05, 3.63) is 34.9 Å².